The second kappa shape index (κ2) is 4.77. The lowest BCUT2D eigenvalue weighted by atomic mass is 10.2. The van der Waals surface area contributed by atoms with Gasteiger partial charge >= 0.3 is 5.97 Å². The van der Waals surface area contributed by atoms with Crippen molar-refractivity contribution in [2.24, 2.45) is 0 Å². The van der Waals surface area contributed by atoms with Crippen molar-refractivity contribution >= 4 is 39.1 Å². The number of hydrogen-bond donors (Lipinski definition) is 0. The summed E-state index contributed by atoms with van der Waals surface area (Å²) in [5.41, 5.74) is 1.91. The third-order valence-corrected chi connectivity index (χ3v) is 3.59. The molecule has 0 saturated heterocycles. The van der Waals surface area contributed by atoms with E-state index in [1.807, 2.05) is 7.05 Å². The first kappa shape index (κ1) is 12.3. The van der Waals surface area contributed by atoms with Crippen LogP contribution in [-0.2, 0) is 3.83 Å². The molecule has 0 spiro atoms. The van der Waals surface area contributed by atoms with Gasteiger partial charge in [0.15, 0.2) is 16.3 Å². The lowest BCUT2D eigenvalue weighted by Gasteiger charge is -2.17. The van der Waals surface area contributed by atoms with E-state index in [0.717, 1.165) is 11.3 Å². The van der Waals surface area contributed by atoms with Crippen molar-refractivity contribution in [3.8, 4) is 0 Å². The minimum atomic E-state index is -0.440. The maximum atomic E-state index is 11.5. The number of hydrogen-bond acceptors (Lipinski definition) is 5. The highest BCUT2D eigenvalue weighted by molar-refractivity contribution is 9.06. The number of rotatable bonds is 3. The summed E-state index contributed by atoms with van der Waals surface area (Å²) in [7, 11) is 2.02. The van der Waals surface area contributed by atoms with Crippen LogP contribution in [0.4, 0.5) is 5.82 Å². The van der Waals surface area contributed by atoms with Crippen LogP contribution in [-0.4, -0.2) is 29.0 Å². The Labute approximate surface area is 119 Å². The van der Waals surface area contributed by atoms with Crippen molar-refractivity contribution in [3.63, 3.8) is 0 Å². The van der Waals surface area contributed by atoms with Crippen LogP contribution in [0.3, 0.4) is 0 Å². The van der Waals surface area contributed by atoms with E-state index in [1.165, 1.54) is 12.8 Å². The molecule has 1 fully saturated rings. The summed E-state index contributed by atoms with van der Waals surface area (Å²) in [6, 6.07) is 5.70. The highest BCUT2D eigenvalue weighted by Crippen LogP contribution is 2.29. The Balaban J connectivity index is 2.02. The topological polar surface area (TPSA) is 55.3 Å². The molecule has 0 N–H and O–H groups in total. The molecule has 0 amide bonds. The molecule has 5 nitrogen and oxygen atoms in total. The zero-order valence-electron chi connectivity index (χ0n) is 10.3. The van der Waals surface area contributed by atoms with Gasteiger partial charge < -0.3 is 8.73 Å². The molecule has 0 unspecified atom stereocenters. The van der Waals surface area contributed by atoms with Gasteiger partial charge in [-0.1, -0.05) is 0 Å². The number of anilines is 1. The Morgan fingerprint density at radius 1 is 1.42 bits per heavy atom. The van der Waals surface area contributed by atoms with Gasteiger partial charge in [0.1, 0.15) is 5.82 Å². The molecule has 0 radical (unpaired) electrons. The molecular formula is C13H12BrN3O2. The minimum absolute atomic E-state index is 0.440. The van der Waals surface area contributed by atoms with Crippen molar-refractivity contribution in [3.05, 3.63) is 30.0 Å². The van der Waals surface area contributed by atoms with Crippen molar-refractivity contribution < 1.29 is 8.62 Å². The van der Waals surface area contributed by atoms with Crippen molar-refractivity contribution in [1.29, 1.82) is 0 Å². The van der Waals surface area contributed by atoms with Crippen molar-refractivity contribution in [1.82, 2.24) is 9.97 Å². The zero-order valence-corrected chi connectivity index (χ0v) is 11.9. The van der Waals surface area contributed by atoms with Crippen molar-refractivity contribution in [2.75, 3.05) is 11.9 Å². The summed E-state index contributed by atoms with van der Waals surface area (Å²) in [5.74, 6) is 0.393. The van der Waals surface area contributed by atoms with E-state index in [0.29, 0.717) is 17.1 Å². The molecule has 6 heteroatoms. The molecule has 0 atom stereocenters. The number of fused-ring (bicyclic) bond motifs is 1. The summed E-state index contributed by atoms with van der Waals surface area (Å²) >= 11 is 2.69. The molecule has 1 aliphatic carbocycles. The molecule has 2 aromatic rings. The quantitative estimate of drug-likeness (QED) is 0.870. The summed E-state index contributed by atoms with van der Waals surface area (Å²) in [5, 5.41) is 0. The lowest BCUT2D eigenvalue weighted by Crippen LogP contribution is -2.20. The third-order valence-electron chi connectivity index (χ3n) is 3.29. The predicted octanol–water partition coefficient (Wildman–Crippen LogP) is 2.70. The Kier molecular flexibility index (Phi) is 3.10. The first-order valence-electron chi connectivity index (χ1n) is 6.01. The highest BCUT2D eigenvalue weighted by Gasteiger charge is 2.27. The van der Waals surface area contributed by atoms with Crippen LogP contribution in [0.15, 0.2) is 24.4 Å². The van der Waals surface area contributed by atoms with Crippen LogP contribution in [0, 0.1) is 0 Å². The predicted molar refractivity (Wildman–Crippen MR) is 75.3 cm³/mol. The number of nitrogens with zero attached hydrogens (tertiary/aromatic N) is 3. The monoisotopic (exact) mass is 321 g/mol. The highest BCUT2D eigenvalue weighted by atomic mass is 79.9. The van der Waals surface area contributed by atoms with Gasteiger partial charge in [0, 0.05) is 13.1 Å². The lowest BCUT2D eigenvalue weighted by molar-refractivity contribution is 0.0782. The summed E-state index contributed by atoms with van der Waals surface area (Å²) in [6.07, 6.45) is 4.17. The number of carbonyl (C=O) groups excluding carboxylic acids is 1. The fraction of sp³-hybridized carbons (Fsp3) is 0.308. The van der Waals surface area contributed by atoms with E-state index >= 15 is 0 Å². The van der Waals surface area contributed by atoms with E-state index < -0.39 is 5.97 Å². The van der Waals surface area contributed by atoms with Crippen LogP contribution in [0.5, 0.6) is 0 Å². The van der Waals surface area contributed by atoms with E-state index in [1.54, 1.807) is 24.4 Å². The normalized spacial score (nSPS) is 14.4. The van der Waals surface area contributed by atoms with E-state index in [-0.39, 0.29) is 0 Å². The second-order valence-electron chi connectivity index (χ2n) is 4.64. The van der Waals surface area contributed by atoms with Crippen LogP contribution in [0.2, 0.25) is 0 Å². The smallest absolute Gasteiger partial charge is 0.349 e. The molecule has 98 valence electrons. The Morgan fingerprint density at radius 3 is 2.89 bits per heavy atom. The van der Waals surface area contributed by atoms with Crippen LogP contribution in [0.25, 0.3) is 11.0 Å². The maximum Gasteiger partial charge on any atom is 0.349 e. The molecule has 1 saturated carbocycles. The molecular weight excluding hydrogens is 310 g/mol. The van der Waals surface area contributed by atoms with Gasteiger partial charge in [0.05, 0.1) is 22.8 Å². The van der Waals surface area contributed by atoms with Gasteiger partial charge in [-0.2, -0.15) is 0 Å². The number of carbonyl (C=O) groups is 1. The van der Waals surface area contributed by atoms with Gasteiger partial charge in [0.2, 0.25) is 0 Å². The minimum Gasteiger partial charge on any atom is -0.380 e. The molecule has 0 bridgehead atoms. The summed E-state index contributed by atoms with van der Waals surface area (Å²) in [6.45, 7) is 0. The average molecular weight is 322 g/mol. The van der Waals surface area contributed by atoms with Gasteiger partial charge in [-0.3, -0.25) is 4.98 Å². The van der Waals surface area contributed by atoms with Crippen molar-refractivity contribution in [2.45, 2.75) is 18.9 Å². The third kappa shape index (κ3) is 2.40. The molecule has 0 aliphatic heterocycles. The van der Waals surface area contributed by atoms with Crippen LogP contribution in [0.1, 0.15) is 23.2 Å². The number of aromatic nitrogens is 2. The summed E-state index contributed by atoms with van der Waals surface area (Å²) in [4.78, 5) is 22.5. The molecule has 1 aliphatic rings. The largest absolute Gasteiger partial charge is 0.380 e. The Hall–Kier alpha value is -1.69. The van der Waals surface area contributed by atoms with Gasteiger partial charge in [0.25, 0.3) is 0 Å². The van der Waals surface area contributed by atoms with Gasteiger partial charge in [-0.25, -0.2) is 9.78 Å². The first-order chi connectivity index (χ1) is 9.19. The maximum absolute atomic E-state index is 11.5. The molecule has 19 heavy (non-hydrogen) atoms. The van der Waals surface area contributed by atoms with E-state index in [2.05, 4.69) is 35.0 Å². The average Bonchev–Trinajstić information content (AvgIpc) is 3.29. The number of halogens is 1. The van der Waals surface area contributed by atoms with Gasteiger partial charge in [-0.15, -0.1) is 0 Å². The molecule has 1 aromatic heterocycles. The zero-order chi connectivity index (χ0) is 13.4. The fourth-order valence-corrected chi connectivity index (χ4v) is 2.18. The number of benzene rings is 1. The SMILES string of the molecule is CN(c1cnc2ccc(C(=O)OBr)cc2n1)C1CC1. The molecule has 1 heterocycles. The Bertz CT molecular complexity index is 643. The molecule has 1 aromatic carbocycles. The van der Waals surface area contributed by atoms with Crippen LogP contribution >= 0.6 is 16.3 Å². The molecule has 3 rings (SSSR count). The second-order valence-corrected chi connectivity index (χ2v) is 4.96. The summed E-state index contributed by atoms with van der Waals surface area (Å²) < 4.78 is 4.53. The van der Waals surface area contributed by atoms with Gasteiger partial charge in [-0.05, 0) is 31.0 Å². The first-order valence-corrected chi connectivity index (χ1v) is 6.66. The van der Waals surface area contributed by atoms with E-state index in [4.69, 9.17) is 0 Å². The standard InChI is InChI=1S/C13H12BrN3O2/c1-17(9-3-4-9)12-7-15-10-5-2-8(13(18)19-14)6-11(10)16-12/h2,5-7,9H,3-4H2,1H3. The van der Waals surface area contributed by atoms with E-state index in [9.17, 15) is 4.79 Å². The van der Waals surface area contributed by atoms with Crippen LogP contribution < -0.4 is 4.90 Å². The fourth-order valence-electron chi connectivity index (χ4n) is 1.99. The Morgan fingerprint density at radius 2 is 2.21 bits per heavy atom.